The van der Waals surface area contributed by atoms with Gasteiger partial charge in [0.25, 0.3) is 0 Å². The van der Waals surface area contributed by atoms with Crippen LogP contribution >= 0.6 is 0 Å². The van der Waals surface area contributed by atoms with Crippen molar-refractivity contribution in [1.29, 1.82) is 0 Å². The summed E-state index contributed by atoms with van der Waals surface area (Å²) >= 11 is 0. The van der Waals surface area contributed by atoms with E-state index >= 15 is 0 Å². The van der Waals surface area contributed by atoms with E-state index in [0.717, 1.165) is 61.8 Å². The molecule has 2 aliphatic heterocycles. The second-order valence-electron chi connectivity index (χ2n) is 8.59. The van der Waals surface area contributed by atoms with Gasteiger partial charge in [0.15, 0.2) is 0 Å². The van der Waals surface area contributed by atoms with E-state index in [1.165, 1.54) is 6.42 Å². The minimum absolute atomic E-state index is 0.0217. The first-order valence-electron chi connectivity index (χ1n) is 10.2. The maximum atomic E-state index is 9.20. The van der Waals surface area contributed by atoms with Gasteiger partial charge in [-0.1, -0.05) is 19.1 Å². The molecule has 2 aliphatic rings. The molecule has 1 unspecified atom stereocenters. The molecule has 1 aromatic heterocycles. The Morgan fingerprint density at radius 2 is 2.14 bits per heavy atom. The first-order chi connectivity index (χ1) is 13.5. The quantitative estimate of drug-likeness (QED) is 0.789. The molecule has 2 saturated heterocycles. The Labute approximate surface area is 166 Å². The fourth-order valence-corrected chi connectivity index (χ4v) is 4.04. The van der Waals surface area contributed by atoms with Gasteiger partial charge in [-0.3, -0.25) is 0 Å². The maximum absolute atomic E-state index is 9.20. The van der Waals surface area contributed by atoms with Gasteiger partial charge < -0.3 is 19.5 Å². The highest BCUT2D eigenvalue weighted by Gasteiger charge is 2.34. The molecule has 3 heterocycles. The third-order valence-electron chi connectivity index (χ3n) is 5.40. The van der Waals surface area contributed by atoms with Gasteiger partial charge in [-0.15, -0.1) is 5.10 Å². The van der Waals surface area contributed by atoms with Gasteiger partial charge in [-0.25, -0.2) is 4.68 Å². The number of anilines is 1. The van der Waals surface area contributed by atoms with Crippen LogP contribution in [0, 0.1) is 5.41 Å². The lowest BCUT2D eigenvalue weighted by molar-refractivity contribution is 0.00370. The maximum Gasteiger partial charge on any atom is 0.131 e. The van der Waals surface area contributed by atoms with Gasteiger partial charge in [-0.05, 0) is 36.8 Å². The first kappa shape index (κ1) is 19.2. The SMILES string of the molecule is CC1(C)CN(c2ccc(-c3cn(CC4CCCCO4)nn3)c(OCCO)c2)C1. The Bertz CT molecular complexity index is 791. The van der Waals surface area contributed by atoms with Gasteiger partial charge in [-0.2, -0.15) is 0 Å². The minimum atomic E-state index is -0.0217. The van der Waals surface area contributed by atoms with Crippen molar-refractivity contribution in [3.63, 3.8) is 0 Å². The molecular formula is C21H30N4O3. The topological polar surface area (TPSA) is 72.6 Å². The van der Waals surface area contributed by atoms with E-state index in [-0.39, 0.29) is 19.3 Å². The summed E-state index contributed by atoms with van der Waals surface area (Å²) in [7, 11) is 0. The molecule has 4 rings (SSSR count). The lowest BCUT2D eigenvalue weighted by atomic mass is 9.84. The van der Waals surface area contributed by atoms with Crippen LogP contribution in [0.2, 0.25) is 0 Å². The lowest BCUT2D eigenvalue weighted by Gasteiger charge is -2.47. The van der Waals surface area contributed by atoms with E-state index < -0.39 is 0 Å². The zero-order valence-electron chi connectivity index (χ0n) is 16.8. The Balaban J connectivity index is 1.52. The zero-order chi connectivity index (χ0) is 19.6. The molecule has 1 N–H and O–H groups in total. The van der Waals surface area contributed by atoms with Crippen LogP contribution in [0.3, 0.4) is 0 Å². The predicted octanol–water partition coefficient (Wildman–Crippen LogP) is 2.73. The van der Waals surface area contributed by atoms with Crippen LogP contribution in [-0.2, 0) is 11.3 Å². The molecule has 7 heteroatoms. The molecule has 0 amide bonds. The monoisotopic (exact) mass is 386 g/mol. The van der Waals surface area contributed by atoms with Crippen molar-refractivity contribution >= 4 is 5.69 Å². The molecule has 0 saturated carbocycles. The van der Waals surface area contributed by atoms with E-state index in [1.807, 2.05) is 23.0 Å². The molecule has 0 radical (unpaired) electrons. The summed E-state index contributed by atoms with van der Waals surface area (Å²) in [5.41, 5.74) is 3.17. The Morgan fingerprint density at radius 1 is 1.29 bits per heavy atom. The van der Waals surface area contributed by atoms with Crippen LogP contribution in [-0.4, -0.2) is 59.1 Å². The second-order valence-corrected chi connectivity index (χ2v) is 8.59. The number of aliphatic hydroxyl groups is 1. The molecule has 2 fully saturated rings. The molecule has 0 spiro atoms. The average Bonchev–Trinajstić information content (AvgIpc) is 3.13. The second kappa shape index (κ2) is 8.09. The van der Waals surface area contributed by atoms with E-state index in [4.69, 9.17) is 9.47 Å². The van der Waals surface area contributed by atoms with Crippen molar-refractivity contribution in [2.45, 2.75) is 45.8 Å². The number of ether oxygens (including phenoxy) is 2. The smallest absolute Gasteiger partial charge is 0.131 e. The minimum Gasteiger partial charge on any atom is -0.490 e. The number of nitrogens with zero attached hydrogens (tertiary/aromatic N) is 4. The fourth-order valence-electron chi connectivity index (χ4n) is 4.04. The molecule has 28 heavy (non-hydrogen) atoms. The molecule has 2 aromatic rings. The van der Waals surface area contributed by atoms with E-state index in [0.29, 0.717) is 5.41 Å². The predicted molar refractivity (Wildman–Crippen MR) is 108 cm³/mol. The van der Waals surface area contributed by atoms with Crippen molar-refractivity contribution in [2.24, 2.45) is 5.41 Å². The number of hydrogen-bond donors (Lipinski definition) is 1. The summed E-state index contributed by atoms with van der Waals surface area (Å²) in [5.74, 6) is 0.734. The highest BCUT2D eigenvalue weighted by atomic mass is 16.5. The zero-order valence-corrected chi connectivity index (χ0v) is 16.8. The van der Waals surface area contributed by atoms with Gasteiger partial charge in [0.05, 0.1) is 25.5 Å². The van der Waals surface area contributed by atoms with Crippen LogP contribution in [0.1, 0.15) is 33.1 Å². The molecule has 0 bridgehead atoms. The van der Waals surface area contributed by atoms with E-state index in [2.05, 4.69) is 35.1 Å². The summed E-state index contributed by atoms with van der Waals surface area (Å²) in [6.45, 7) is 8.40. The standard InChI is InChI=1S/C21H30N4O3/c1-21(2)14-24(15-21)16-6-7-18(20(11-16)28-10-8-26)19-13-25(23-22-19)12-17-5-3-4-9-27-17/h6-7,11,13,17,26H,3-5,8-10,12,14-15H2,1-2H3. The van der Waals surface area contributed by atoms with Crippen LogP contribution < -0.4 is 9.64 Å². The van der Waals surface area contributed by atoms with Gasteiger partial charge in [0.1, 0.15) is 18.1 Å². The number of hydrogen-bond acceptors (Lipinski definition) is 6. The van der Waals surface area contributed by atoms with Crippen LogP contribution in [0.4, 0.5) is 5.69 Å². The normalized spacial score (nSPS) is 21.4. The Morgan fingerprint density at radius 3 is 2.86 bits per heavy atom. The number of aromatic nitrogens is 3. The number of aliphatic hydroxyl groups excluding tert-OH is 1. The van der Waals surface area contributed by atoms with Crippen molar-refractivity contribution < 1.29 is 14.6 Å². The van der Waals surface area contributed by atoms with Gasteiger partial charge in [0.2, 0.25) is 0 Å². The van der Waals surface area contributed by atoms with Gasteiger partial charge in [0, 0.05) is 37.0 Å². The van der Waals surface area contributed by atoms with Crippen molar-refractivity contribution in [3.05, 3.63) is 24.4 Å². The summed E-state index contributed by atoms with van der Waals surface area (Å²) in [4.78, 5) is 2.34. The summed E-state index contributed by atoms with van der Waals surface area (Å²) in [6, 6.07) is 6.20. The highest BCUT2D eigenvalue weighted by molar-refractivity contribution is 5.71. The third-order valence-corrected chi connectivity index (χ3v) is 5.40. The number of benzene rings is 1. The number of rotatable bonds is 7. The molecular weight excluding hydrogens is 356 g/mol. The molecule has 1 atom stereocenters. The third kappa shape index (κ3) is 4.31. The largest absolute Gasteiger partial charge is 0.490 e. The molecule has 7 nitrogen and oxygen atoms in total. The van der Waals surface area contributed by atoms with Crippen LogP contribution in [0.25, 0.3) is 11.3 Å². The van der Waals surface area contributed by atoms with E-state index in [9.17, 15) is 5.11 Å². The van der Waals surface area contributed by atoms with Gasteiger partial charge >= 0.3 is 0 Å². The fraction of sp³-hybridized carbons (Fsp3) is 0.619. The Hall–Kier alpha value is -2.12. The molecule has 152 valence electrons. The Kier molecular flexibility index (Phi) is 5.55. The average molecular weight is 386 g/mol. The molecule has 1 aromatic carbocycles. The summed E-state index contributed by atoms with van der Waals surface area (Å²) in [6.07, 6.45) is 5.59. The first-order valence-corrected chi connectivity index (χ1v) is 10.2. The van der Waals surface area contributed by atoms with Crippen LogP contribution in [0.5, 0.6) is 5.75 Å². The van der Waals surface area contributed by atoms with Crippen molar-refractivity contribution in [3.8, 4) is 17.0 Å². The van der Waals surface area contributed by atoms with Crippen molar-refractivity contribution in [1.82, 2.24) is 15.0 Å². The highest BCUT2D eigenvalue weighted by Crippen LogP contribution is 2.38. The summed E-state index contributed by atoms with van der Waals surface area (Å²) in [5, 5.41) is 17.8. The van der Waals surface area contributed by atoms with Crippen LogP contribution in [0.15, 0.2) is 24.4 Å². The lowest BCUT2D eigenvalue weighted by Crippen LogP contribution is -2.53. The summed E-state index contributed by atoms with van der Waals surface area (Å²) < 4.78 is 13.5. The van der Waals surface area contributed by atoms with E-state index in [1.54, 1.807) is 0 Å². The van der Waals surface area contributed by atoms with Crippen molar-refractivity contribution in [2.75, 3.05) is 37.8 Å². The molecule has 0 aliphatic carbocycles.